The molecule has 1 saturated carbocycles. The summed E-state index contributed by atoms with van der Waals surface area (Å²) in [5, 5.41) is 17.5. The Balaban J connectivity index is 0.000000429. The molecule has 1 aromatic heterocycles. The van der Waals surface area contributed by atoms with Crippen molar-refractivity contribution >= 4 is 12.0 Å². The Hall–Kier alpha value is -2.89. The second-order valence-corrected chi connectivity index (χ2v) is 9.09. The lowest BCUT2D eigenvalue weighted by molar-refractivity contribution is -0.285. The number of carbonyl (C=O) groups is 1. The van der Waals surface area contributed by atoms with E-state index in [1.54, 1.807) is 18.5 Å². The molecule has 0 spiro atoms. The second kappa shape index (κ2) is 8.96. The summed E-state index contributed by atoms with van der Waals surface area (Å²) in [6.45, 7) is 3.02. The van der Waals surface area contributed by atoms with Crippen LogP contribution in [0.2, 0.25) is 0 Å². The van der Waals surface area contributed by atoms with Crippen LogP contribution in [0.25, 0.3) is 17.3 Å². The van der Waals surface area contributed by atoms with Gasteiger partial charge in [0.05, 0.1) is 17.7 Å². The Morgan fingerprint density at radius 3 is 2.23 bits per heavy atom. The topological polar surface area (TPSA) is 75.4 Å². The highest BCUT2D eigenvalue weighted by molar-refractivity contribution is 5.73. The number of allylic oxidation sites excluding steroid dienone is 1. The van der Waals surface area contributed by atoms with Crippen LogP contribution in [0.3, 0.4) is 0 Å². The number of carboxylic acids is 1. The van der Waals surface area contributed by atoms with Crippen molar-refractivity contribution in [2.24, 2.45) is 11.3 Å². The van der Waals surface area contributed by atoms with Gasteiger partial charge in [-0.15, -0.1) is 0 Å². The molecule has 192 valence electrons. The van der Waals surface area contributed by atoms with Crippen LogP contribution >= 0.6 is 0 Å². The number of rotatable bonds is 2. The number of hydrogen-bond donors (Lipinski definition) is 2. The maximum atomic E-state index is 13.6. The van der Waals surface area contributed by atoms with Crippen LogP contribution in [-0.4, -0.2) is 43.7 Å². The lowest BCUT2D eigenvalue weighted by Crippen LogP contribution is -2.57. The number of imidazole rings is 1. The number of fused-ring (bicyclic) bond motifs is 2. The van der Waals surface area contributed by atoms with E-state index >= 15 is 0 Å². The molecule has 2 aliphatic rings. The first kappa shape index (κ1) is 26.7. The van der Waals surface area contributed by atoms with Crippen molar-refractivity contribution in [3.63, 3.8) is 0 Å². The van der Waals surface area contributed by atoms with Gasteiger partial charge in [-0.3, -0.25) is 0 Å². The Morgan fingerprint density at radius 1 is 1.14 bits per heavy atom. The van der Waals surface area contributed by atoms with Gasteiger partial charge in [0.2, 0.25) is 0 Å². The molecule has 0 saturated heterocycles. The molecule has 2 aromatic rings. The van der Waals surface area contributed by atoms with Crippen LogP contribution in [0.4, 0.5) is 30.7 Å². The summed E-state index contributed by atoms with van der Waals surface area (Å²) in [6, 6.07) is 6.00. The highest BCUT2D eigenvalue weighted by atomic mass is 19.4. The molecule has 1 fully saturated rings. The molecule has 0 amide bonds. The number of carboxylic acid groups (broad SMARTS) is 1. The number of aliphatic hydroxyl groups is 1. The average Bonchev–Trinajstić information content (AvgIpc) is 3.12. The van der Waals surface area contributed by atoms with Crippen LogP contribution in [0.5, 0.6) is 0 Å². The van der Waals surface area contributed by atoms with Crippen LogP contribution in [0.15, 0.2) is 36.2 Å². The third kappa shape index (κ3) is 5.07. The molecule has 1 aliphatic carbocycles. The molecule has 0 radical (unpaired) electrons. The third-order valence-corrected chi connectivity index (χ3v) is 6.74. The largest absolute Gasteiger partial charge is 0.490 e. The van der Waals surface area contributed by atoms with Gasteiger partial charge >= 0.3 is 18.3 Å². The van der Waals surface area contributed by atoms with E-state index in [0.717, 1.165) is 23.8 Å². The van der Waals surface area contributed by atoms with Crippen LogP contribution in [0.1, 0.15) is 38.8 Å². The summed E-state index contributed by atoms with van der Waals surface area (Å²) in [5.74, 6) is -4.04. The van der Waals surface area contributed by atoms with E-state index in [4.69, 9.17) is 9.90 Å². The van der Waals surface area contributed by atoms with Crippen molar-refractivity contribution in [3.05, 3.63) is 47.7 Å². The summed E-state index contributed by atoms with van der Waals surface area (Å²) in [7, 11) is 0. The highest BCUT2D eigenvalue weighted by Crippen LogP contribution is 2.56. The van der Waals surface area contributed by atoms with Crippen molar-refractivity contribution in [1.29, 1.82) is 0 Å². The van der Waals surface area contributed by atoms with E-state index < -0.39 is 35.3 Å². The molecule has 35 heavy (non-hydrogen) atoms. The van der Waals surface area contributed by atoms with Gasteiger partial charge in [-0.25, -0.2) is 14.2 Å². The monoisotopic (exact) mass is 508 g/mol. The number of aliphatic carboxylic acids is 1. The van der Waals surface area contributed by atoms with Crippen LogP contribution in [-0.2, 0) is 11.3 Å². The zero-order valence-electron chi connectivity index (χ0n) is 18.7. The van der Waals surface area contributed by atoms with Crippen molar-refractivity contribution in [2.45, 2.75) is 57.6 Å². The minimum absolute atomic E-state index is 0.315. The van der Waals surface area contributed by atoms with Crippen molar-refractivity contribution in [1.82, 2.24) is 9.55 Å². The van der Waals surface area contributed by atoms with Gasteiger partial charge in [0.25, 0.3) is 0 Å². The number of nitrogens with zero attached hydrogens (tertiary/aromatic N) is 2. The zero-order valence-corrected chi connectivity index (χ0v) is 18.7. The Kier molecular flexibility index (Phi) is 6.84. The van der Waals surface area contributed by atoms with Gasteiger partial charge in [0, 0.05) is 23.4 Å². The van der Waals surface area contributed by atoms with Gasteiger partial charge in [0.15, 0.2) is 5.60 Å². The summed E-state index contributed by atoms with van der Waals surface area (Å²) in [5.41, 5.74) is -0.426. The van der Waals surface area contributed by atoms with E-state index in [0.29, 0.717) is 31.5 Å². The van der Waals surface area contributed by atoms with Crippen molar-refractivity contribution in [3.8, 4) is 11.3 Å². The predicted molar refractivity (Wildman–Crippen MR) is 111 cm³/mol. The molecule has 3 atom stereocenters. The highest BCUT2D eigenvalue weighted by Gasteiger charge is 2.61. The molecule has 12 heteroatoms. The maximum Gasteiger partial charge on any atom is 0.490 e. The standard InChI is InChI=1S/C21H22F4N2O.C2HF3O2/c1-19-11-27-12-26-18(13-6-8-15(22)9-7-13)16(27)10-14(19)4-3-5-17(19)20(2,28)21(23,24)25;3-2(4,5)1(6)7/h6-10,12,17,28H,3-5,11H2,1-2H3;(H,6,7)/t17-,19-,20?;/m0./s1. The van der Waals surface area contributed by atoms with Gasteiger partial charge in [-0.05, 0) is 56.5 Å². The number of hydrogen-bond acceptors (Lipinski definition) is 3. The second-order valence-electron chi connectivity index (χ2n) is 9.09. The summed E-state index contributed by atoms with van der Waals surface area (Å²) in [6.07, 6.45) is -4.66. The van der Waals surface area contributed by atoms with Crippen LogP contribution < -0.4 is 0 Å². The number of aromatic nitrogens is 2. The first-order chi connectivity index (χ1) is 16.0. The predicted octanol–water partition coefficient (Wildman–Crippen LogP) is 5.84. The molecular formula is C23H23F7N2O3. The molecule has 1 aliphatic heterocycles. The van der Waals surface area contributed by atoms with E-state index in [1.165, 1.54) is 12.1 Å². The van der Waals surface area contributed by atoms with E-state index in [-0.39, 0.29) is 5.82 Å². The smallest absolute Gasteiger partial charge is 0.475 e. The molecule has 1 unspecified atom stereocenters. The fourth-order valence-corrected chi connectivity index (χ4v) is 4.89. The quantitative estimate of drug-likeness (QED) is 0.500. The Bertz CT molecular complexity index is 1120. The van der Waals surface area contributed by atoms with Crippen molar-refractivity contribution < 1.29 is 45.7 Å². The van der Waals surface area contributed by atoms with Gasteiger partial charge < -0.3 is 14.8 Å². The molecule has 1 aromatic carbocycles. The number of halogens is 7. The average molecular weight is 508 g/mol. The summed E-state index contributed by atoms with van der Waals surface area (Å²) < 4.78 is 87.6. The lowest BCUT2D eigenvalue weighted by atomic mass is 9.58. The fraction of sp³-hybridized carbons (Fsp3) is 0.478. The van der Waals surface area contributed by atoms with Crippen molar-refractivity contribution in [2.75, 3.05) is 0 Å². The fourth-order valence-electron chi connectivity index (χ4n) is 4.89. The molecule has 2 heterocycles. The lowest BCUT2D eigenvalue weighted by Gasteiger charge is -2.51. The summed E-state index contributed by atoms with van der Waals surface area (Å²) in [4.78, 5) is 13.3. The first-order valence-electron chi connectivity index (χ1n) is 10.6. The number of alkyl halides is 6. The summed E-state index contributed by atoms with van der Waals surface area (Å²) >= 11 is 0. The molecular weight excluding hydrogens is 485 g/mol. The Morgan fingerprint density at radius 2 is 1.71 bits per heavy atom. The first-order valence-corrected chi connectivity index (χ1v) is 10.6. The minimum Gasteiger partial charge on any atom is -0.475 e. The Labute approximate surface area is 195 Å². The van der Waals surface area contributed by atoms with E-state index in [1.807, 2.05) is 17.6 Å². The number of benzene rings is 1. The molecule has 4 rings (SSSR count). The van der Waals surface area contributed by atoms with E-state index in [2.05, 4.69) is 4.98 Å². The third-order valence-electron chi connectivity index (χ3n) is 6.74. The van der Waals surface area contributed by atoms with Gasteiger partial charge in [0.1, 0.15) is 5.82 Å². The van der Waals surface area contributed by atoms with E-state index in [9.17, 15) is 35.8 Å². The van der Waals surface area contributed by atoms with Crippen LogP contribution in [0, 0.1) is 17.2 Å². The maximum absolute atomic E-state index is 13.6. The van der Waals surface area contributed by atoms with Gasteiger partial charge in [-0.2, -0.15) is 26.3 Å². The molecule has 5 nitrogen and oxygen atoms in total. The SMILES string of the molecule is CC(O)([C@H]1CCCC2=Cc3c(-c4ccc(F)cc4)ncn3C[C@@]21C)C(F)(F)F.O=C(O)C(F)(F)F. The zero-order chi connectivity index (χ0) is 26.4. The molecule has 2 N–H and O–H groups in total. The van der Waals surface area contributed by atoms with Gasteiger partial charge in [-0.1, -0.05) is 12.5 Å². The normalized spacial score (nSPS) is 23.7. The minimum atomic E-state index is -5.08. The molecule has 0 bridgehead atoms.